The summed E-state index contributed by atoms with van der Waals surface area (Å²) in [5.74, 6) is 0. The molecule has 0 aliphatic carbocycles. The summed E-state index contributed by atoms with van der Waals surface area (Å²) in [5, 5.41) is 5.82. The number of carbonyl (C=O) groups excluding carboxylic acids is 1. The predicted octanol–water partition coefficient (Wildman–Crippen LogP) is 2.81. The number of hydrogen-bond acceptors (Lipinski definition) is 2. The summed E-state index contributed by atoms with van der Waals surface area (Å²) in [5.41, 5.74) is 1.40. The summed E-state index contributed by atoms with van der Waals surface area (Å²) in [4.78, 5) is 8.81. The number of hydrogen-bond donors (Lipinski definition) is 1. The fourth-order valence-corrected chi connectivity index (χ4v) is 1.66. The van der Waals surface area contributed by atoms with Crippen molar-refractivity contribution < 1.29 is 4.79 Å². The second-order valence-corrected chi connectivity index (χ2v) is 3.77. The number of likely N-dealkylation sites (N-methyl/N-ethyl adjacent to an activating group) is 1. The van der Waals surface area contributed by atoms with Crippen LogP contribution >= 0.6 is 0 Å². The van der Waals surface area contributed by atoms with Gasteiger partial charge in [0.1, 0.15) is 6.29 Å². The number of carbonyl (C=O) groups is 1. The molecule has 90 valence electrons. The van der Waals surface area contributed by atoms with Crippen LogP contribution < -0.4 is 5.32 Å². The highest BCUT2D eigenvalue weighted by Crippen LogP contribution is 2.15. The maximum Gasteiger partial charge on any atom is 0.116 e. The molecule has 0 aliphatic rings. The van der Waals surface area contributed by atoms with Crippen molar-refractivity contribution >= 4 is 17.1 Å². The zero-order valence-corrected chi connectivity index (χ0v) is 10.4. The van der Waals surface area contributed by atoms with Gasteiger partial charge in [0.05, 0.1) is 0 Å². The first-order chi connectivity index (χ1) is 8.31. The van der Waals surface area contributed by atoms with Crippen molar-refractivity contribution in [1.29, 1.82) is 0 Å². The number of benzene rings is 2. The highest BCUT2D eigenvalue weighted by molar-refractivity contribution is 5.82. The van der Waals surface area contributed by atoms with Gasteiger partial charge in [-0.3, -0.25) is 0 Å². The molecule has 0 saturated carbocycles. The van der Waals surface area contributed by atoms with E-state index in [0.29, 0.717) is 0 Å². The van der Waals surface area contributed by atoms with Crippen LogP contribution in [0.3, 0.4) is 0 Å². The summed E-state index contributed by atoms with van der Waals surface area (Å²) in [6.07, 6.45) is 1.85. The fourth-order valence-electron chi connectivity index (χ4n) is 1.66. The maximum atomic E-state index is 8.81. The quantitative estimate of drug-likeness (QED) is 0.820. The predicted molar refractivity (Wildman–Crippen MR) is 73.3 cm³/mol. The van der Waals surface area contributed by atoms with Crippen LogP contribution in [-0.4, -0.2) is 19.9 Å². The van der Waals surface area contributed by atoms with Crippen molar-refractivity contribution in [1.82, 2.24) is 5.32 Å². The molecule has 0 atom stereocenters. The Morgan fingerprint density at radius 3 is 2.41 bits per heavy atom. The molecule has 0 aliphatic heterocycles. The van der Waals surface area contributed by atoms with Gasteiger partial charge in [0.25, 0.3) is 0 Å². The van der Waals surface area contributed by atoms with Gasteiger partial charge in [-0.05, 0) is 43.3 Å². The highest BCUT2D eigenvalue weighted by atomic mass is 16.1. The average Bonchev–Trinajstić information content (AvgIpc) is 2.37. The number of aldehydes is 1. The van der Waals surface area contributed by atoms with Crippen molar-refractivity contribution in [3.8, 4) is 0 Å². The Morgan fingerprint density at radius 1 is 1.12 bits per heavy atom. The number of nitrogens with one attached hydrogen (secondary N) is 1. The van der Waals surface area contributed by atoms with Gasteiger partial charge in [-0.15, -0.1) is 0 Å². The van der Waals surface area contributed by atoms with Crippen LogP contribution in [0.15, 0.2) is 42.5 Å². The Labute approximate surface area is 103 Å². The molecule has 2 rings (SSSR count). The minimum atomic E-state index is 0.750. The van der Waals surface area contributed by atoms with Crippen molar-refractivity contribution in [2.75, 3.05) is 13.6 Å². The summed E-state index contributed by atoms with van der Waals surface area (Å²) < 4.78 is 0. The van der Waals surface area contributed by atoms with Gasteiger partial charge >= 0.3 is 0 Å². The van der Waals surface area contributed by atoms with Crippen LogP contribution in [0.2, 0.25) is 0 Å². The van der Waals surface area contributed by atoms with E-state index in [1.807, 2.05) is 7.05 Å². The molecule has 0 heterocycles. The molecule has 2 aromatic rings. The van der Waals surface area contributed by atoms with Crippen LogP contribution in [0.4, 0.5) is 0 Å². The van der Waals surface area contributed by atoms with E-state index in [2.05, 4.69) is 47.8 Å². The Balaban J connectivity index is 0.000000437. The van der Waals surface area contributed by atoms with E-state index >= 15 is 0 Å². The van der Waals surface area contributed by atoms with Crippen molar-refractivity contribution in [3.63, 3.8) is 0 Å². The first-order valence-electron chi connectivity index (χ1n) is 5.84. The Kier molecular flexibility index (Phi) is 5.97. The second kappa shape index (κ2) is 7.58. The molecule has 0 saturated heterocycles. The van der Waals surface area contributed by atoms with Crippen LogP contribution in [0, 0.1) is 0 Å². The van der Waals surface area contributed by atoms with Gasteiger partial charge in [0.15, 0.2) is 0 Å². The van der Waals surface area contributed by atoms with Crippen molar-refractivity contribution in [2.24, 2.45) is 0 Å². The molecule has 0 amide bonds. The van der Waals surface area contributed by atoms with Crippen molar-refractivity contribution in [3.05, 3.63) is 48.0 Å². The van der Waals surface area contributed by atoms with E-state index in [1.54, 1.807) is 0 Å². The minimum Gasteiger partial charge on any atom is -0.319 e. The van der Waals surface area contributed by atoms with Gasteiger partial charge in [0, 0.05) is 0 Å². The molecule has 2 heteroatoms. The van der Waals surface area contributed by atoms with Gasteiger partial charge in [0.2, 0.25) is 0 Å². The number of fused-ring (bicyclic) bond motifs is 1. The third-order valence-electron chi connectivity index (χ3n) is 2.48. The van der Waals surface area contributed by atoms with E-state index in [0.717, 1.165) is 19.3 Å². The van der Waals surface area contributed by atoms with E-state index in [1.165, 1.54) is 23.3 Å². The molecule has 17 heavy (non-hydrogen) atoms. The smallest absolute Gasteiger partial charge is 0.116 e. The fraction of sp³-hybridized carbons (Fsp3) is 0.267. The van der Waals surface area contributed by atoms with Crippen molar-refractivity contribution in [2.45, 2.75) is 13.3 Å². The molecule has 0 spiro atoms. The zero-order valence-electron chi connectivity index (χ0n) is 10.4. The average molecular weight is 229 g/mol. The molecule has 0 unspecified atom stereocenters. The van der Waals surface area contributed by atoms with Gasteiger partial charge in [-0.25, -0.2) is 0 Å². The van der Waals surface area contributed by atoms with E-state index < -0.39 is 0 Å². The lowest BCUT2D eigenvalue weighted by molar-refractivity contribution is -0.106. The van der Waals surface area contributed by atoms with Gasteiger partial charge in [-0.1, -0.05) is 42.5 Å². The molecule has 2 nitrogen and oxygen atoms in total. The van der Waals surface area contributed by atoms with Gasteiger partial charge in [-0.2, -0.15) is 0 Å². The number of rotatable bonds is 3. The summed E-state index contributed by atoms with van der Waals surface area (Å²) >= 11 is 0. The lowest BCUT2D eigenvalue weighted by atomic mass is 10.1. The highest BCUT2D eigenvalue weighted by Gasteiger charge is 1.94. The zero-order chi connectivity index (χ0) is 12.5. The summed E-state index contributed by atoms with van der Waals surface area (Å²) in [6.45, 7) is 2.48. The normalized spacial score (nSPS) is 9.53. The second-order valence-electron chi connectivity index (χ2n) is 3.77. The molecule has 0 bridgehead atoms. The third-order valence-corrected chi connectivity index (χ3v) is 2.48. The van der Waals surface area contributed by atoms with E-state index in [9.17, 15) is 0 Å². The lowest BCUT2D eigenvalue weighted by Crippen LogP contribution is -2.10. The molecule has 0 radical (unpaired) electrons. The molecule has 0 aromatic heterocycles. The van der Waals surface area contributed by atoms with E-state index in [-0.39, 0.29) is 0 Å². The van der Waals surface area contributed by atoms with Crippen LogP contribution in [0.5, 0.6) is 0 Å². The Hall–Kier alpha value is -1.67. The maximum absolute atomic E-state index is 8.81. The summed E-state index contributed by atoms with van der Waals surface area (Å²) in [6, 6.07) is 15.2. The molecule has 0 fully saturated rings. The SMILES string of the molecule is CC=O.CNCCc1ccc2ccccc2c1. The minimum absolute atomic E-state index is 0.750. The standard InChI is InChI=1S/C13H15N.C2H4O/c1-14-9-8-11-6-7-12-4-2-3-5-13(12)10-11;1-2-3/h2-7,10,14H,8-9H2,1H3;2H,1H3. The summed E-state index contributed by atoms with van der Waals surface area (Å²) in [7, 11) is 1.99. The van der Waals surface area contributed by atoms with Crippen LogP contribution in [0.25, 0.3) is 10.8 Å². The third kappa shape index (κ3) is 4.37. The monoisotopic (exact) mass is 229 g/mol. The topological polar surface area (TPSA) is 29.1 Å². The largest absolute Gasteiger partial charge is 0.319 e. The van der Waals surface area contributed by atoms with Gasteiger partial charge < -0.3 is 10.1 Å². The molecule has 2 aromatic carbocycles. The van der Waals surface area contributed by atoms with E-state index in [4.69, 9.17) is 4.79 Å². The lowest BCUT2D eigenvalue weighted by Gasteiger charge is -2.02. The molecule has 1 N–H and O–H groups in total. The molecular weight excluding hydrogens is 210 g/mol. The molecular formula is C15H19NO. The van der Waals surface area contributed by atoms with Crippen LogP contribution in [-0.2, 0) is 11.2 Å². The first-order valence-corrected chi connectivity index (χ1v) is 5.84. The Bertz CT molecular complexity index is 465. The Morgan fingerprint density at radius 2 is 1.76 bits per heavy atom. The van der Waals surface area contributed by atoms with Crippen LogP contribution in [0.1, 0.15) is 12.5 Å². The first kappa shape index (κ1) is 13.4.